The first-order chi connectivity index (χ1) is 15.5. The Morgan fingerprint density at radius 2 is 1.97 bits per heavy atom. The average molecular weight is 452 g/mol. The average Bonchev–Trinajstić information content (AvgIpc) is 3.45. The first kappa shape index (κ1) is 20.7. The van der Waals surface area contributed by atoms with Crippen LogP contribution >= 0.6 is 11.3 Å². The van der Waals surface area contributed by atoms with Gasteiger partial charge in [0.25, 0.3) is 5.56 Å². The smallest absolute Gasteiger partial charge is 0.328 e. The first-order valence-electron chi connectivity index (χ1n) is 10.7. The van der Waals surface area contributed by atoms with Crippen molar-refractivity contribution in [2.45, 2.75) is 26.9 Å². The van der Waals surface area contributed by atoms with Gasteiger partial charge in [0, 0.05) is 56.5 Å². The number of piperazine rings is 1. The number of H-pyrrole nitrogens is 2. The van der Waals surface area contributed by atoms with Gasteiger partial charge < -0.3 is 14.9 Å². The maximum absolute atomic E-state index is 12.5. The van der Waals surface area contributed by atoms with Gasteiger partial charge in [0.1, 0.15) is 10.4 Å². The molecule has 0 atom stereocenters. The predicted octanol–water partition coefficient (Wildman–Crippen LogP) is 2.19. The molecule has 9 nitrogen and oxygen atoms in total. The SMILES string of the molecule is CCn1c(=O)[nH]c2cc(CN3CCN(c4ccc(-c5ncc[nH]5)nc4C)CC3)sc2c1=O. The topological polar surface area (TPSA) is 103 Å². The van der Waals surface area contributed by atoms with Crippen LogP contribution in [0.4, 0.5) is 5.69 Å². The molecule has 4 aromatic heterocycles. The van der Waals surface area contributed by atoms with Gasteiger partial charge in [0.05, 0.1) is 16.9 Å². The molecule has 0 aliphatic carbocycles. The Morgan fingerprint density at radius 3 is 2.66 bits per heavy atom. The van der Waals surface area contributed by atoms with Crippen LogP contribution in [-0.2, 0) is 13.1 Å². The van der Waals surface area contributed by atoms with Crippen LogP contribution in [0, 0.1) is 6.92 Å². The maximum atomic E-state index is 12.5. The van der Waals surface area contributed by atoms with Gasteiger partial charge in [-0.15, -0.1) is 11.3 Å². The molecular formula is C22H25N7O2S. The van der Waals surface area contributed by atoms with Crippen molar-refractivity contribution in [2.24, 2.45) is 0 Å². The number of hydrogen-bond acceptors (Lipinski definition) is 7. The van der Waals surface area contributed by atoms with Crippen LogP contribution in [0.15, 0.2) is 40.2 Å². The molecule has 0 radical (unpaired) electrons. The van der Waals surface area contributed by atoms with Crippen LogP contribution in [0.2, 0.25) is 0 Å². The minimum absolute atomic E-state index is 0.201. The molecule has 1 aliphatic heterocycles. The Balaban J connectivity index is 1.27. The van der Waals surface area contributed by atoms with Crippen LogP contribution in [0.1, 0.15) is 17.5 Å². The highest BCUT2D eigenvalue weighted by Gasteiger charge is 2.21. The number of thiophene rings is 1. The Kier molecular flexibility index (Phi) is 5.40. The van der Waals surface area contributed by atoms with Gasteiger partial charge in [-0.25, -0.2) is 14.8 Å². The molecule has 10 heteroatoms. The highest BCUT2D eigenvalue weighted by molar-refractivity contribution is 7.18. The lowest BCUT2D eigenvalue weighted by atomic mass is 10.2. The molecule has 5 rings (SSSR count). The van der Waals surface area contributed by atoms with E-state index in [0.717, 1.165) is 60.5 Å². The number of rotatable bonds is 5. The molecule has 5 heterocycles. The lowest BCUT2D eigenvalue weighted by Crippen LogP contribution is -2.46. The molecule has 0 unspecified atom stereocenters. The number of aryl methyl sites for hydroxylation is 1. The van der Waals surface area contributed by atoms with Crippen molar-refractivity contribution in [3.63, 3.8) is 0 Å². The highest BCUT2D eigenvalue weighted by Crippen LogP contribution is 2.25. The van der Waals surface area contributed by atoms with Crippen molar-refractivity contribution in [3.8, 4) is 11.5 Å². The fourth-order valence-electron chi connectivity index (χ4n) is 4.25. The van der Waals surface area contributed by atoms with Crippen molar-refractivity contribution in [3.05, 3.63) is 62.0 Å². The molecule has 0 aromatic carbocycles. The molecule has 1 fully saturated rings. The van der Waals surface area contributed by atoms with Gasteiger partial charge in [-0.2, -0.15) is 0 Å². The lowest BCUT2D eigenvalue weighted by molar-refractivity contribution is 0.252. The van der Waals surface area contributed by atoms with E-state index in [1.54, 1.807) is 19.3 Å². The summed E-state index contributed by atoms with van der Waals surface area (Å²) < 4.78 is 1.87. The number of anilines is 1. The summed E-state index contributed by atoms with van der Waals surface area (Å²) in [5.74, 6) is 0.778. The van der Waals surface area contributed by atoms with Crippen LogP contribution < -0.4 is 16.1 Å². The zero-order valence-electron chi connectivity index (χ0n) is 18.1. The molecule has 1 saturated heterocycles. The van der Waals surface area contributed by atoms with Crippen LogP contribution in [0.25, 0.3) is 21.7 Å². The predicted molar refractivity (Wildman–Crippen MR) is 126 cm³/mol. The molecular weight excluding hydrogens is 426 g/mol. The minimum atomic E-state index is -0.343. The summed E-state index contributed by atoms with van der Waals surface area (Å²) in [7, 11) is 0. The van der Waals surface area contributed by atoms with Crippen molar-refractivity contribution in [2.75, 3.05) is 31.1 Å². The van der Waals surface area contributed by atoms with Crippen LogP contribution in [-0.4, -0.2) is 55.6 Å². The fourth-order valence-corrected chi connectivity index (χ4v) is 5.35. The van der Waals surface area contributed by atoms with E-state index in [9.17, 15) is 9.59 Å². The Bertz CT molecular complexity index is 1360. The monoisotopic (exact) mass is 451 g/mol. The third-order valence-corrected chi connectivity index (χ3v) is 7.02. The number of fused-ring (bicyclic) bond motifs is 1. The number of hydrogen-bond donors (Lipinski definition) is 2. The third kappa shape index (κ3) is 3.76. The van der Waals surface area contributed by atoms with Crippen molar-refractivity contribution in [1.29, 1.82) is 0 Å². The summed E-state index contributed by atoms with van der Waals surface area (Å²) >= 11 is 1.48. The van der Waals surface area contributed by atoms with E-state index in [1.807, 2.05) is 19.1 Å². The molecule has 32 heavy (non-hydrogen) atoms. The summed E-state index contributed by atoms with van der Waals surface area (Å²) in [5, 5.41) is 0. The van der Waals surface area contributed by atoms with Gasteiger partial charge in [0.15, 0.2) is 5.82 Å². The minimum Gasteiger partial charge on any atom is -0.368 e. The normalized spacial score (nSPS) is 15.0. The summed E-state index contributed by atoms with van der Waals surface area (Å²) in [6, 6.07) is 6.07. The second kappa shape index (κ2) is 8.36. The number of pyridine rings is 1. The van der Waals surface area contributed by atoms with Crippen molar-refractivity contribution in [1.82, 2.24) is 29.4 Å². The zero-order valence-corrected chi connectivity index (χ0v) is 18.9. The zero-order chi connectivity index (χ0) is 22.2. The van der Waals surface area contributed by atoms with Crippen LogP contribution in [0.5, 0.6) is 0 Å². The summed E-state index contributed by atoms with van der Waals surface area (Å²) in [5.41, 5.74) is 3.09. The van der Waals surface area contributed by atoms with Crippen molar-refractivity contribution < 1.29 is 0 Å². The summed E-state index contributed by atoms with van der Waals surface area (Å²) in [6.45, 7) is 8.64. The van der Waals surface area contributed by atoms with E-state index in [4.69, 9.17) is 4.98 Å². The van der Waals surface area contributed by atoms with Gasteiger partial charge in [-0.05, 0) is 32.0 Å². The highest BCUT2D eigenvalue weighted by atomic mass is 32.1. The number of nitrogens with zero attached hydrogens (tertiary/aromatic N) is 5. The number of nitrogens with one attached hydrogen (secondary N) is 2. The number of aromatic nitrogens is 5. The Hall–Kier alpha value is -3.24. The van der Waals surface area contributed by atoms with Crippen LogP contribution in [0.3, 0.4) is 0 Å². The fraction of sp³-hybridized carbons (Fsp3) is 0.364. The van der Waals surface area contributed by atoms with E-state index >= 15 is 0 Å². The van der Waals surface area contributed by atoms with E-state index in [0.29, 0.717) is 16.8 Å². The van der Waals surface area contributed by atoms with Gasteiger partial charge in [-0.1, -0.05) is 0 Å². The molecule has 0 amide bonds. The number of imidazole rings is 1. The molecule has 1 aliphatic rings. The largest absolute Gasteiger partial charge is 0.368 e. The van der Waals surface area contributed by atoms with Crippen molar-refractivity contribution >= 4 is 27.2 Å². The quantitative estimate of drug-likeness (QED) is 0.482. The standard InChI is InChI=1S/C22H25N7O2S/c1-3-29-21(30)19-17(26-22(29)31)12-15(32-19)13-27-8-10-28(11-9-27)18-5-4-16(25-14(18)2)20-23-6-7-24-20/h4-7,12H,3,8-11,13H2,1-2H3,(H,23,24)(H,26,31). The molecule has 0 spiro atoms. The van der Waals surface area contributed by atoms with E-state index in [1.165, 1.54) is 15.9 Å². The Morgan fingerprint density at radius 1 is 1.16 bits per heavy atom. The summed E-state index contributed by atoms with van der Waals surface area (Å²) in [6.07, 6.45) is 3.53. The molecule has 4 aromatic rings. The lowest BCUT2D eigenvalue weighted by Gasteiger charge is -2.36. The molecule has 2 N–H and O–H groups in total. The van der Waals surface area contributed by atoms with Gasteiger partial charge >= 0.3 is 5.69 Å². The van der Waals surface area contributed by atoms with E-state index in [-0.39, 0.29) is 11.2 Å². The molecule has 166 valence electrons. The third-order valence-electron chi connectivity index (χ3n) is 5.92. The van der Waals surface area contributed by atoms with E-state index < -0.39 is 0 Å². The summed E-state index contributed by atoms with van der Waals surface area (Å²) in [4.78, 5) is 45.4. The second-order valence-electron chi connectivity index (χ2n) is 7.94. The van der Waals surface area contributed by atoms with E-state index in [2.05, 4.69) is 30.8 Å². The first-order valence-corrected chi connectivity index (χ1v) is 11.6. The Labute approximate surface area is 188 Å². The molecule has 0 saturated carbocycles. The maximum Gasteiger partial charge on any atom is 0.328 e. The van der Waals surface area contributed by atoms with Gasteiger partial charge in [-0.3, -0.25) is 14.3 Å². The van der Waals surface area contributed by atoms with Gasteiger partial charge in [0.2, 0.25) is 0 Å². The number of aromatic amines is 2. The molecule has 0 bridgehead atoms. The second-order valence-corrected chi connectivity index (χ2v) is 9.07.